The lowest BCUT2D eigenvalue weighted by molar-refractivity contribution is 0.0925. The lowest BCUT2D eigenvalue weighted by Crippen LogP contribution is -2.55. The first-order chi connectivity index (χ1) is 8.34. The van der Waals surface area contributed by atoms with Gasteiger partial charge in [0, 0.05) is 0 Å². The second-order valence-electron chi connectivity index (χ2n) is 3.86. The minimum absolute atomic E-state index is 0.0733. The van der Waals surface area contributed by atoms with Crippen molar-refractivity contribution < 1.29 is 10.0 Å². The van der Waals surface area contributed by atoms with E-state index in [1.807, 2.05) is 0 Å². The first-order valence-electron chi connectivity index (χ1n) is 5.09. The van der Waals surface area contributed by atoms with Crippen LogP contribution in [0.3, 0.4) is 0 Å². The molecule has 1 atom stereocenters. The number of halogens is 2. The number of nitrogens with one attached hydrogen (secondary N) is 1. The van der Waals surface area contributed by atoms with Gasteiger partial charge < -0.3 is 16.3 Å². The Labute approximate surface area is 119 Å². The van der Waals surface area contributed by atoms with Gasteiger partial charge in [0.15, 0.2) is 5.84 Å². The van der Waals surface area contributed by atoms with Crippen LogP contribution in [0.4, 0.5) is 0 Å². The minimum atomic E-state index is -0.941. The molecule has 5 nitrogen and oxygen atoms in total. The number of rotatable bonds is 4. The van der Waals surface area contributed by atoms with Crippen molar-refractivity contribution in [2.75, 3.05) is 0 Å². The molecule has 0 bridgehead atoms. The zero-order valence-electron chi connectivity index (χ0n) is 9.83. The number of amidine groups is 1. The van der Waals surface area contributed by atoms with E-state index in [1.165, 1.54) is 6.07 Å². The van der Waals surface area contributed by atoms with Gasteiger partial charge in [0.25, 0.3) is 5.91 Å². The quantitative estimate of drug-likeness (QED) is 0.346. The summed E-state index contributed by atoms with van der Waals surface area (Å²) >= 11 is 12.8. The predicted molar refractivity (Wildman–Crippen MR) is 73.9 cm³/mol. The average molecular weight is 310 g/mol. The number of hydrogen-bond acceptors (Lipinski definition) is 4. The van der Waals surface area contributed by atoms with Crippen molar-refractivity contribution in [1.29, 1.82) is 0 Å². The fourth-order valence-corrected chi connectivity index (χ4v) is 2.72. The number of nitrogens with two attached hydrogens (primary N) is 1. The summed E-state index contributed by atoms with van der Waals surface area (Å²) in [4.78, 5) is 12.0. The molecular formula is C10H13Cl2N3O2S. The number of nitrogens with zero attached hydrogens (tertiary/aromatic N) is 1. The van der Waals surface area contributed by atoms with Gasteiger partial charge in [-0.3, -0.25) is 4.79 Å². The van der Waals surface area contributed by atoms with Gasteiger partial charge in [-0.2, -0.15) is 0 Å². The maximum atomic E-state index is 12.0. The maximum absolute atomic E-state index is 12.0. The van der Waals surface area contributed by atoms with Gasteiger partial charge in [-0.25, -0.2) is 0 Å². The summed E-state index contributed by atoms with van der Waals surface area (Å²) < 4.78 is 0.725. The average Bonchev–Trinajstić information content (AvgIpc) is 2.67. The van der Waals surface area contributed by atoms with Crippen molar-refractivity contribution in [2.45, 2.75) is 25.8 Å². The van der Waals surface area contributed by atoms with Gasteiger partial charge in [-0.15, -0.1) is 11.3 Å². The van der Waals surface area contributed by atoms with Gasteiger partial charge in [0.05, 0.1) is 15.4 Å². The molecule has 0 aliphatic carbocycles. The van der Waals surface area contributed by atoms with Crippen molar-refractivity contribution in [1.82, 2.24) is 5.32 Å². The number of carbonyl (C=O) groups is 1. The lowest BCUT2D eigenvalue weighted by atomic mass is 9.97. The van der Waals surface area contributed by atoms with Crippen molar-refractivity contribution in [3.05, 3.63) is 20.3 Å². The van der Waals surface area contributed by atoms with Gasteiger partial charge in [0.1, 0.15) is 4.34 Å². The third-order valence-corrected chi connectivity index (χ3v) is 4.16. The number of amides is 1. The van der Waals surface area contributed by atoms with Crippen LogP contribution >= 0.6 is 34.5 Å². The topological polar surface area (TPSA) is 87.7 Å². The summed E-state index contributed by atoms with van der Waals surface area (Å²) in [5.41, 5.74) is 4.89. The monoisotopic (exact) mass is 309 g/mol. The van der Waals surface area contributed by atoms with E-state index >= 15 is 0 Å². The Morgan fingerprint density at radius 1 is 1.67 bits per heavy atom. The molecule has 0 aromatic carbocycles. The van der Waals surface area contributed by atoms with Crippen LogP contribution in [-0.2, 0) is 0 Å². The lowest BCUT2D eigenvalue weighted by Gasteiger charge is -2.27. The van der Waals surface area contributed by atoms with Crippen LogP contribution in [0.2, 0.25) is 8.67 Å². The molecule has 0 saturated heterocycles. The number of oxime groups is 1. The highest BCUT2D eigenvalue weighted by molar-refractivity contribution is 7.20. The Morgan fingerprint density at radius 3 is 2.67 bits per heavy atom. The highest BCUT2D eigenvalue weighted by Crippen LogP contribution is 2.31. The van der Waals surface area contributed by atoms with Crippen molar-refractivity contribution in [3.8, 4) is 0 Å². The van der Waals surface area contributed by atoms with Crippen LogP contribution in [0.25, 0.3) is 0 Å². The summed E-state index contributed by atoms with van der Waals surface area (Å²) in [6.07, 6.45) is 0.462. The fourth-order valence-electron chi connectivity index (χ4n) is 1.26. The van der Waals surface area contributed by atoms with E-state index in [-0.39, 0.29) is 11.4 Å². The highest BCUT2D eigenvalue weighted by atomic mass is 35.5. The molecule has 100 valence electrons. The Balaban J connectivity index is 2.97. The van der Waals surface area contributed by atoms with E-state index in [0.29, 0.717) is 15.1 Å². The largest absolute Gasteiger partial charge is 0.409 e. The molecule has 0 radical (unpaired) electrons. The predicted octanol–water partition coefficient (Wildman–Crippen LogP) is 2.70. The van der Waals surface area contributed by atoms with E-state index in [2.05, 4.69) is 10.5 Å². The Kier molecular flexibility index (Phi) is 4.84. The summed E-state index contributed by atoms with van der Waals surface area (Å²) in [5, 5.41) is 14.3. The van der Waals surface area contributed by atoms with Crippen molar-refractivity contribution in [2.24, 2.45) is 10.9 Å². The highest BCUT2D eigenvalue weighted by Gasteiger charge is 2.31. The molecule has 0 aliphatic heterocycles. The summed E-state index contributed by atoms with van der Waals surface area (Å²) in [6.45, 7) is 3.46. The van der Waals surface area contributed by atoms with Crippen molar-refractivity contribution in [3.63, 3.8) is 0 Å². The second kappa shape index (κ2) is 5.77. The molecule has 1 amide bonds. The molecule has 18 heavy (non-hydrogen) atoms. The minimum Gasteiger partial charge on any atom is -0.409 e. The van der Waals surface area contributed by atoms with E-state index in [4.69, 9.17) is 34.1 Å². The first-order valence-corrected chi connectivity index (χ1v) is 6.66. The zero-order valence-corrected chi connectivity index (χ0v) is 12.2. The Hall–Kier alpha value is -0.980. The summed E-state index contributed by atoms with van der Waals surface area (Å²) in [5.74, 6) is -0.491. The molecule has 1 aromatic heterocycles. The van der Waals surface area contributed by atoms with E-state index in [0.717, 1.165) is 11.3 Å². The molecule has 1 rings (SSSR count). The molecule has 1 unspecified atom stereocenters. The molecule has 0 spiro atoms. The normalized spacial score (nSPS) is 15.2. The molecule has 1 aromatic rings. The fraction of sp³-hybridized carbons (Fsp3) is 0.400. The van der Waals surface area contributed by atoms with Crippen LogP contribution in [0.15, 0.2) is 11.2 Å². The van der Waals surface area contributed by atoms with Crippen LogP contribution in [0.5, 0.6) is 0 Å². The first kappa shape index (κ1) is 15.1. The summed E-state index contributed by atoms with van der Waals surface area (Å²) in [7, 11) is 0. The van der Waals surface area contributed by atoms with E-state index in [9.17, 15) is 4.79 Å². The third-order valence-electron chi connectivity index (χ3n) is 2.67. The van der Waals surface area contributed by atoms with Crippen LogP contribution in [0.1, 0.15) is 30.6 Å². The Morgan fingerprint density at radius 2 is 2.28 bits per heavy atom. The van der Waals surface area contributed by atoms with Crippen LogP contribution in [-0.4, -0.2) is 22.5 Å². The molecule has 0 fully saturated rings. The standard InChI is InChI=1S/C10H13Cl2N3O2S/c1-3-10(2,9(13)15-17)14-8(16)5-4-6(11)18-7(5)12/h4,17H,3H2,1-2H3,(H2,13,15)(H,14,16). The zero-order chi connectivity index (χ0) is 13.9. The van der Waals surface area contributed by atoms with E-state index < -0.39 is 11.4 Å². The molecule has 1 heterocycles. The maximum Gasteiger partial charge on any atom is 0.254 e. The Bertz CT molecular complexity index is 489. The molecular weight excluding hydrogens is 297 g/mol. The van der Waals surface area contributed by atoms with Crippen LogP contribution < -0.4 is 11.1 Å². The van der Waals surface area contributed by atoms with Crippen molar-refractivity contribution >= 4 is 46.3 Å². The molecule has 0 saturated carbocycles. The SMILES string of the molecule is CCC(C)(NC(=O)c1cc(Cl)sc1Cl)/C(N)=N/O. The third kappa shape index (κ3) is 3.07. The van der Waals surface area contributed by atoms with Crippen LogP contribution in [0, 0.1) is 0 Å². The molecule has 8 heteroatoms. The number of carbonyl (C=O) groups excluding carboxylic acids is 1. The smallest absolute Gasteiger partial charge is 0.254 e. The number of hydrogen-bond donors (Lipinski definition) is 3. The van der Waals surface area contributed by atoms with Gasteiger partial charge in [0.2, 0.25) is 0 Å². The second-order valence-corrected chi connectivity index (χ2v) is 6.15. The summed E-state index contributed by atoms with van der Waals surface area (Å²) in [6, 6.07) is 1.48. The molecule has 0 aliphatic rings. The number of thiophene rings is 1. The van der Waals surface area contributed by atoms with E-state index in [1.54, 1.807) is 13.8 Å². The van der Waals surface area contributed by atoms with Gasteiger partial charge in [-0.05, 0) is 19.4 Å². The molecule has 4 N–H and O–H groups in total. The van der Waals surface area contributed by atoms with Gasteiger partial charge in [-0.1, -0.05) is 35.3 Å². The van der Waals surface area contributed by atoms with Gasteiger partial charge >= 0.3 is 0 Å².